The fourth-order valence-corrected chi connectivity index (χ4v) is 3.50. The number of hydrogen-bond acceptors (Lipinski definition) is 3. The van der Waals surface area contributed by atoms with Crippen molar-refractivity contribution in [3.63, 3.8) is 0 Å². The zero-order valence-corrected chi connectivity index (χ0v) is 17.7. The zero-order valence-electron chi connectivity index (χ0n) is 17.7. The van der Waals surface area contributed by atoms with Crippen molar-refractivity contribution < 1.29 is 4.39 Å². The van der Waals surface area contributed by atoms with E-state index in [0.717, 1.165) is 44.2 Å². The molecule has 1 saturated heterocycles. The molecule has 1 aromatic carbocycles. The monoisotopic (exact) mass is 377 g/mol. The predicted octanol–water partition coefficient (Wildman–Crippen LogP) is 2.63. The molecule has 6 heteroatoms. The third kappa shape index (κ3) is 6.18. The van der Waals surface area contributed by atoms with Crippen molar-refractivity contribution >= 4 is 5.96 Å². The van der Waals surface area contributed by atoms with Gasteiger partial charge in [-0.15, -0.1) is 0 Å². The Morgan fingerprint density at radius 2 is 1.85 bits per heavy atom. The Morgan fingerprint density at radius 1 is 1.19 bits per heavy atom. The minimum atomic E-state index is -0.168. The van der Waals surface area contributed by atoms with Crippen LogP contribution in [0.25, 0.3) is 0 Å². The van der Waals surface area contributed by atoms with Gasteiger partial charge >= 0.3 is 0 Å². The Labute approximate surface area is 164 Å². The van der Waals surface area contributed by atoms with Crippen LogP contribution in [0.2, 0.25) is 0 Å². The molecular weight excluding hydrogens is 341 g/mol. The van der Waals surface area contributed by atoms with Crippen molar-refractivity contribution in [2.45, 2.75) is 39.8 Å². The normalized spacial score (nSPS) is 19.2. The molecule has 0 aromatic heterocycles. The van der Waals surface area contributed by atoms with Crippen LogP contribution in [0.4, 0.5) is 4.39 Å². The van der Waals surface area contributed by atoms with E-state index in [1.807, 2.05) is 19.1 Å². The van der Waals surface area contributed by atoms with Crippen molar-refractivity contribution in [3.05, 3.63) is 35.1 Å². The standard InChI is InChI=1S/C21H36FN5/c1-15(2)20(27-11-9-26(6)10-12-27)14-24-21(23-5)25-17(4)18-8-7-16(3)19(22)13-18/h7-8,13,15,17,20H,9-12,14H2,1-6H3,(H2,23,24,25). The molecule has 152 valence electrons. The van der Waals surface area contributed by atoms with Crippen molar-refractivity contribution in [1.82, 2.24) is 20.4 Å². The lowest BCUT2D eigenvalue weighted by molar-refractivity contribution is 0.0900. The van der Waals surface area contributed by atoms with E-state index in [0.29, 0.717) is 17.5 Å². The van der Waals surface area contributed by atoms with Crippen LogP contribution in [0.15, 0.2) is 23.2 Å². The molecule has 2 N–H and O–H groups in total. The number of nitrogens with zero attached hydrogens (tertiary/aromatic N) is 3. The van der Waals surface area contributed by atoms with Gasteiger partial charge in [0.1, 0.15) is 5.82 Å². The fraction of sp³-hybridized carbons (Fsp3) is 0.667. The largest absolute Gasteiger partial charge is 0.355 e. The molecule has 0 saturated carbocycles. The van der Waals surface area contributed by atoms with E-state index in [1.165, 1.54) is 0 Å². The van der Waals surface area contributed by atoms with E-state index < -0.39 is 0 Å². The van der Waals surface area contributed by atoms with Crippen LogP contribution in [0, 0.1) is 18.7 Å². The lowest BCUT2D eigenvalue weighted by atomic mass is 10.0. The van der Waals surface area contributed by atoms with E-state index in [1.54, 1.807) is 20.0 Å². The number of piperazine rings is 1. The lowest BCUT2D eigenvalue weighted by Crippen LogP contribution is -2.55. The minimum absolute atomic E-state index is 0.0209. The molecule has 27 heavy (non-hydrogen) atoms. The highest BCUT2D eigenvalue weighted by Crippen LogP contribution is 2.16. The van der Waals surface area contributed by atoms with Gasteiger partial charge in [0.2, 0.25) is 0 Å². The van der Waals surface area contributed by atoms with Crippen molar-refractivity contribution in [2.75, 3.05) is 46.8 Å². The number of aryl methyl sites for hydroxylation is 1. The summed E-state index contributed by atoms with van der Waals surface area (Å²) >= 11 is 0. The van der Waals surface area contributed by atoms with Crippen molar-refractivity contribution in [3.8, 4) is 0 Å². The highest BCUT2D eigenvalue weighted by atomic mass is 19.1. The average Bonchev–Trinajstić information content (AvgIpc) is 2.64. The summed E-state index contributed by atoms with van der Waals surface area (Å²) in [5, 5.41) is 6.86. The van der Waals surface area contributed by atoms with Gasteiger partial charge in [0.05, 0.1) is 6.04 Å². The second-order valence-corrected chi connectivity index (χ2v) is 7.98. The zero-order chi connectivity index (χ0) is 20.0. The summed E-state index contributed by atoms with van der Waals surface area (Å²) in [7, 11) is 3.96. The highest BCUT2D eigenvalue weighted by molar-refractivity contribution is 5.80. The first kappa shape index (κ1) is 21.6. The van der Waals surface area contributed by atoms with Gasteiger partial charge in [-0.25, -0.2) is 4.39 Å². The molecular formula is C21H36FN5. The molecule has 1 aliphatic heterocycles. The Bertz CT molecular complexity index is 623. The topological polar surface area (TPSA) is 42.9 Å². The van der Waals surface area contributed by atoms with E-state index in [-0.39, 0.29) is 11.9 Å². The minimum Gasteiger partial charge on any atom is -0.355 e. The second-order valence-electron chi connectivity index (χ2n) is 7.98. The van der Waals surface area contributed by atoms with Crippen LogP contribution in [-0.2, 0) is 0 Å². The fourth-order valence-electron chi connectivity index (χ4n) is 3.50. The molecule has 2 unspecified atom stereocenters. The van der Waals surface area contributed by atoms with Crippen molar-refractivity contribution in [2.24, 2.45) is 10.9 Å². The van der Waals surface area contributed by atoms with Gasteiger partial charge < -0.3 is 15.5 Å². The third-order valence-corrected chi connectivity index (χ3v) is 5.53. The molecule has 2 rings (SSSR count). The smallest absolute Gasteiger partial charge is 0.191 e. The SMILES string of the molecule is CN=C(NCC(C(C)C)N1CCN(C)CC1)NC(C)c1ccc(C)c(F)c1. The molecule has 2 atom stereocenters. The predicted molar refractivity (Wildman–Crippen MR) is 112 cm³/mol. The van der Waals surface area contributed by atoms with Gasteiger partial charge in [0.15, 0.2) is 5.96 Å². The Kier molecular flexibility index (Phi) is 8.05. The van der Waals surface area contributed by atoms with E-state index in [9.17, 15) is 4.39 Å². The lowest BCUT2D eigenvalue weighted by Gasteiger charge is -2.40. The quantitative estimate of drug-likeness (QED) is 0.591. The number of benzene rings is 1. The van der Waals surface area contributed by atoms with E-state index in [4.69, 9.17) is 0 Å². The van der Waals surface area contributed by atoms with Crippen molar-refractivity contribution in [1.29, 1.82) is 0 Å². The maximum atomic E-state index is 13.9. The van der Waals surface area contributed by atoms with Crippen LogP contribution >= 0.6 is 0 Å². The molecule has 1 aromatic rings. The van der Waals surface area contributed by atoms with Crippen LogP contribution in [0.5, 0.6) is 0 Å². The summed E-state index contributed by atoms with van der Waals surface area (Å²) < 4.78 is 13.9. The Morgan fingerprint density at radius 3 is 2.41 bits per heavy atom. The molecule has 1 heterocycles. The summed E-state index contributed by atoms with van der Waals surface area (Å²) in [6.07, 6.45) is 0. The van der Waals surface area contributed by atoms with Crippen LogP contribution in [-0.4, -0.2) is 68.6 Å². The van der Waals surface area contributed by atoms with Crippen LogP contribution < -0.4 is 10.6 Å². The second kappa shape index (κ2) is 10.0. The molecule has 0 spiro atoms. The van der Waals surface area contributed by atoms with Crippen LogP contribution in [0.3, 0.4) is 0 Å². The summed E-state index contributed by atoms with van der Waals surface area (Å²) in [6.45, 7) is 13.6. The first-order chi connectivity index (χ1) is 12.8. The number of halogens is 1. The van der Waals surface area contributed by atoms with Gasteiger partial charge in [-0.1, -0.05) is 26.0 Å². The molecule has 0 aliphatic carbocycles. The first-order valence-electron chi connectivity index (χ1n) is 9.97. The number of likely N-dealkylation sites (N-methyl/N-ethyl adjacent to an activating group) is 1. The van der Waals surface area contributed by atoms with Crippen LogP contribution in [0.1, 0.15) is 37.9 Å². The summed E-state index contributed by atoms with van der Waals surface area (Å²) in [4.78, 5) is 9.31. The summed E-state index contributed by atoms with van der Waals surface area (Å²) in [5.41, 5.74) is 1.58. The number of hydrogen-bond donors (Lipinski definition) is 2. The van der Waals surface area contributed by atoms with Gasteiger partial charge in [-0.2, -0.15) is 0 Å². The maximum absolute atomic E-state index is 13.9. The molecule has 0 bridgehead atoms. The van der Waals surface area contributed by atoms with Gasteiger partial charge in [0.25, 0.3) is 0 Å². The molecule has 1 aliphatic rings. The Hall–Kier alpha value is -1.66. The van der Waals surface area contributed by atoms with Gasteiger partial charge in [0, 0.05) is 45.8 Å². The van der Waals surface area contributed by atoms with E-state index in [2.05, 4.69) is 46.3 Å². The molecule has 0 amide bonds. The average molecular weight is 378 g/mol. The van der Waals surface area contributed by atoms with Gasteiger partial charge in [-0.3, -0.25) is 9.89 Å². The summed E-state index contributed by atoms with van der Waals surface area (Å²) in [6, 6.07) is 5.82. The number of rotatable bonds is 6. The van der Waals surface area contributed by atoms with Gasteiger partial charge in [-0.05, 0) is 44.0 Å². The van der Waals surface area contributed by atoms with E-state index >= 15 is 0 Å². The molecule has 1 fully saturated rings. The first-order valence-corrected chi connectivity index (χ1v) is 9.97. The summed E-state index contributed by atoms with van der Waals surface area (Å²) in [5.74, 6) is 1.14. The maximum Gasteiger partial charge on any atom is 0.191 e. The molecule has 5 nitrogen and oxygen atoms in total. The highest BCUT2D eigenvalue weighted by Gasteiger charge is 2.25. The Balaban J connectivity index is 1.93. The number of aliphatic imine (C=N–C) groups is 1. The molecule has 0 radical (unpaired) electrons. The number of guanidine groups is 1. The number of nitrogens with one attached hydrogen (secondary N) is 2. The third-order valence-electron chi connectivity index (χ3n) is 5.53.